The number of fused-ring (bicyclic) bond motifs is 1. The van der Waals surface area contributed by atoms with E-state index in [9.17, 15) is 22.4 Å². The molecule has 0 amide bonds. The molecule has 0 saturated heterocycles. The van der Waals surface area contributed by atoms with E-state index in [1.165, 1.54) is 22.6 Å². The molecule has 0 aliphatic heterocycles. The lowest BCUT2D eigenvalue weighted by Crippen LogP contribution is -2.45. The van der Waals surface area contributed by atoms with Crippen molar-refractivity contribution in [1.29, 1.82) is 0 Å². The Morgan fingerprint density at radius 3 is 2.58 bits per heavy atom. The van der Waals surface area contributed by atoms with Gasteiger partial charge in [0.25, 0.3) is 5.56 Å². The number of halogens is 1. The Morgan fingerprint density at radius 1 is 1.19 bits per heavy atom. The van der Waals surface area contributed by atoms with Gasteiger partial charge in [0.15, 0.2) is 0 Å². The zero-order valence-corrected chi connectivity index (χ0v) is 18.0. The summed E-state index contributed by atoms with van der Waals surface area (Å²) in [7, 11) is -4.30. The Hall–Kier alpha value is -3.11. The van der Waals surface area contributed by atoms with E-state index >= 15 is 0 Å². The molecular weight excluding hydrogens is 425 g/mol. The van der Waals surface area contributed by atoms with Gasteiger partial charge >= 0.3 is 5.97 Å². The molecule has 0 bridgehead atoms. The number of benzene rings is 1. The molecule has 0 fully saturated rings. The maximum atomic E-state index is 13.9. The molecule has 1 N–H and O–H groups in total. The highest BCUT2D eigenvalue weighted by molar-refractivity contribution is 7.89. The van der Waals surface area contributed by atoms with E-state index < -0.39 is 38.7 Å². The molecule has 0 saturated carbocycles. The van der Waals surface area contributed by atoms with Gasteiger partial charge < -0.3 is 4.74 Å². The van der Waals surface area contributed by atoms with Crippen LogP contribution in [0.3, 0.4) is 0 Å². The van der Waals surface area contributed by atoms with Gasteiger partial charge in [0.05, 0.1) is 5.69 Å². The predicted molar refractivity (Wildman–Crippen MR) is 111 cm³/mol. The molecule has 0 aliphatic carbocycles. The second kappa shape index (κ2) is 8.94. The lowest BCUT2D eigenvalue weighted by molar-refractivity contribution is -0.148. The molecule has 3 aromatic rings. The summed E-state index contributed by atoms with van der Waals surface area (Å²) >= 11 is 0. The van der Waals surface area contributed by atoms with E-state index in [4.69, 9.17) is 4.74 Å². The number of nitrogens with one attached hydrogen (secondary N) is 1. The Bertz CT molecular complexity index is 1290. The Balaban J connectivity index is 1.78. The Morgan fingerprint density at radius 2 is 1.90 bits per heavy atom. The minimum atomic E-state index is -4.30. The highest BCUT2D eigenvalue weighted by Gasteiger charge is 2.31. The molecule has 2 aromatic heterocycles. The van der Waals surface area contributed by atoms with Gasteiger partial charge in [0.2, 0.25) is 10.0 Å². The molecule has 1 aromatic carbocycles. The number of sulfonamides is 1. The van der Waals surface area contributed by atoms with E-state index in [2.05, 4.69) is 9.71 Å². The van der Waals surface area contributed by atoms with E-state index in [1.54, 1.807) is 39.0 Å². The van der Waals surface area contributed by atoms with Crippen molar-refractivity contribution in [3.8, 4) is 0 Å². The van der Waals surface area contributed by atoms with Gasteiger partial charge in [-0.05, 0) is 37.1 Å². The summed E-state index contributed by atoms with van der Waals surface area (Å²) in [5.74, 6) is -2.27. The normalized spacial score (nSPS) is 12.8. The van der Waals surface area contributed by atoms with Crippen LogP contribution in [0.4, 0.5) is 4.39 Å². The van der Waals surface area contributed by atoms with Crippen LogP contribution in [0, 0.1) is 18.7 Å². The number of carbonyl (C=O) groups excluding carboxylic acids is 1. The van der Waals surface area contributed by atoms with Crippen LogP contribution in [-0.4, -0.2) is 29.8 Å². The van der Waals surface area contributed by atoms with Gasteiger partial charge in [-0.2, -0.15) is 4.72 Å². The summed E-state index contributed by atoms with van der Waals surface area (Å²) in [6.45, 7) is 4.70. The van der Waals surface area contributed by atoms with Gasteiger partial charge in [-0.3, -0.25) is 14.0 Å². The number of hydrogen-bond acceptors (Lipinski definition) is 6. The standard InChI is InChI=1S/C21H22FN3O5S/c1-13(2)20(24-31(28,29)17-9-5-4-8-16(17)22)21(27)30-12-15-11-19(26)25-14(3)7-6-10-18(25)23-15/h4-11,13,20,24H,12H2,1-3H3. The number of ether oxygens (including phenoxy) is 1. The summed E-state index contributed by atoms with van der Waals surface area (Å²) in [4.78, 5) is 28.7. The number of pyridine rings is 1. The first-order valence-electron chi connectivity index (χ1n) is 9.52. The quantitative estimate of drug-likeness (QED) is 0.557. The monoisotopic (exact) mass is 447 g/mol. The summed E-state index contributed by atoms with van der Waals surface area (Å²) in [5.41, 5.74) is 1.01. The fraction of sp³-hybridized carbons (Fsp3) is 0.286. The third-order valence-electron chi connectivity index (χ3n) is 4.62. The maximum absolute atomic E-state index is 13.9. The molecule has 10 heteroatoms. The molecule has 3 rings (SSSR count). The molecule has 0 spiro atoms. The van der Waals surface area contributed by atoms with Crippen LogP contribution in [0.5, 0.6) is 0 Å². The fourth-order valence-corrected chi connectivity index (χ4v) is 4.43. The highest BCUT2D eigenvalue weighted by atomic mass is 32.2. The molecule has 1 unspecified atom stereocenters. The SMILES string of the molecule is Cc1cccc2nc(COC(=O)C(NS(=O)(=O)c3ccccc3F)C(C)C)cc(=O)n12. The van der Waals surface area contributed by atoms with Gasteiger partial charge in [-0.15, -0.1) is 0 Å². The van der Waals surface area contributed by atoms with Crippen molar-refractivity contribution in [3.05, 3.63) is 76.1 Å². The predicted octanol–water partition coefficient (Wildman–Crippen LogP) is 2.19. The number of rotatable bonds is 7. The lowest BCUT2D eigenvalue weighted by Gasteiger charge is -2.21. The molecule has 0 aliphatic rings. The van der Waals surface area contributed by atoms with Gasteiger partial charge in [-0.1, -0.05) is 32.0 Å². The van der Waals surface area contributed by atoms with Crippen LogP contribution >= 0.6 is 0 Å². The van der Waals surface area contributed by atoms with E-state index in [1.807, 2.05) is 0 Å². The summed E-state index contributed by atoms with van der Waals surface area (Å²) < 4.78 is 47.9. The van der Waals surface area contributed by atoms with Crippen molar-refractivity contribution in [2.75, 3.05) is 0 Å². The van der Waals surface area contributed by atoms with Gasteiger partial charge in [-0.25, -0.2) is 17.8 Å². The molecule has 1 atom stereocenters. The number of aromatic nitrogens is 2. The van der Waals surface area contributed by atoms with Gasteiger partial charge in [0, 0.05) is 11.8 Å². The van der Waals surface area contributed by atoms with Crippen molar-refractivity contribution in [3.63, 3.8) is 0 Å². The third kappa shape index (κ3) is 4.97. The number of aryl methyl sites for hydroxylation is 1. The zero-order valence-electron chi connectivity index (χ0n) is 17.2. The van der Waals surface area contributed by atoms with Crippen molar-refractivity contribution in [2.45, 2.75) is 38.3 Å². The average molecular weight is 447 g/mol. The average Bonchev–Trinajstić information content (AvgIpc) is 2.70. The second-order valence-electron chi connectivity index (χ2n) is 7.33. The first-order chi connectivity index (χ1) is 14.6. The molecule has 2 heterocycles. The molecule has 8 nitrogen and oxygen atoms in total. The van der Waals surface area contributed by atoms with Crippen molar-refractivity contribution in [1.82, 2.24) is 14.1 Å². The Labute approximate surface area is 178 Å². The van der Waals surface area contributed by atoms with Crippen molar-refractivity contribution < 1.29 is 22.3 Å². The lowest BCUT2D eigenvalue weighted by atomic mass is 10.1. The van der Waals surface area contributed by atoms with Crippen molar-refractivity contribution >= 4 is 21.6 Å². The minimum Gasteiger partial charge on any atom is -0.458 e. The van der Waals surface area contributed by atoms with Crippen LogP contribution < -0.4 is 10.3 Å². The second-order valence-corrected chi connectivity index (χ2v) is 9.01. The molecule has 164 valence electrons. The summed E-state index contributed by atoms with van der Waals surface area (Å²) in [6.07, 6.45) is 0. The smallest absolute Gasteiger partial charge is 0.324 e. The van der Waals surface area contributed by atoms with Crippen LogP contribution in [0.15, 0.2) is 58.2 Å². The molecule has 0 radical (unpaired) electrons. The summed E-state index contributed by atoms with van der Waals surface area (Å²) in [5, 5.41) is 0. The van der Waals surface area contributed by atoms with Crippen LogP contribution in [0.2, 0.25) is 0 Å². The number of nitrogens with zero attached hydrogens (tertiary/aromatic N) is 2. The first kappa shape index (κ1) is 22.6. The van der Waals surface area contributed by atoms with Crippen LogP contribution in [0.1, 0.15) is 25.2 Å². The van der Waals surface area contributed by atoms with Crippen molar-refractivity contribution in [2.24, 2.45) is 5.92 Å². The van der Waals surface area contributed by atoms with E-state index in [0.717, 1.165) is 12.1 Å². The topological polar surface area (TPSA) is 107 Å². The largest absolute Gasteiger partial charge is 0.458 e. The zero-order chi connectivity index (χ0) is 22.8. The minimum absolute atomic E-state index is 0.225. The molecule has 31 heavy (non-hydrogen) atoms. The number of carbonyl (C=O) groups is 1. The van der Waals surface area contributed by atoms with Crippen LogP contribution in [-0.2, 0) is 26.2 Å². The highest BCUT2D eigenvalue weighted by Crippen LogP contribution is 2.16. The molecular formula is C21H22FN3O5S. The third-order valence-corrected chi connectivity index (χ3v) is 6.10. The Kier molecular flexibility index (Phi) is 6.51. The number of hydrogen-bond donors (Lipinski definition) is 1. The fourth-order valence-electron chi connectivity index (χ4n) is 3.02. The first-order valence-corrected chi connectivity index (χ1v) is 11.0. The maximum Gasteiger partial charge on any atom is 0.324 e. The summed E-state index contributed by atoms with van der Waals surface area (Å²) in [6, 6.07) is 10.0. The van der Waals surface area contributed by atoms with E-state index in [-0.39, 0.29) is 17.9 Å². The van der Waals surface area contributed by atoms with Crippen LogP contribution in [0.25, 0.3) is 5.65 Å². The number of esters is 1. The van der Waals surface area contributed by atoms with E-state index in [0.29, 0.717) is 11.3 Å². The van der Waals surface area contributed by atoms with Gasteiger partial charge in [0.1, 0.15) is 29.0 Å².